The molecule has 6 heteroatoms. The lowest BCUT2D eigenvalue weighted by atomic mass is 10.2. The van der Waals surface area contributed by atoms with Gasteiger partial charge in [-0.1, -0.05) is 6.92 Å². The van der Waals surface area contributed by atoms with Crippen molar-refractivity contribution in [2.24, 2.45) is 0 Å². The molecule has 0 bridgehead atoms. The van der Waals surface area contributed by atoms with E-state index in [0.717, 1.165) is 0 Å². The number of nitrogens with zero attached hydrogens (tertiary/aromatic N) is 2. The van der Waals surface area contributed by atoms with Gasteiger partial charge in [-0.2, -0.15) is 4.31 Å². The van der Waals surface area contributed by atoms with Crippen LogP contribution in [0.2, 0.25) is 0 Å². The minimum absolute atomic E-state index is 0.121. The summed E-state index contributed by atoms with van der Waals surface area (Å²) in [6.07, 6.45) is 0.662. The van der Waals surface area contributed by atoms with Crippen LogP contribution in [0.1, 0.15) is 20.3 Å². The zero-order valence-electron chi connectivity index (χ0n) is 10.1. The van der Waals surface area contributed by atoms with Crippen LogP contribution in [0.3, 0.4) is 0 Å². The van der Waals surface area contributed by atoms with Gasteiger partial charge in [0.1, 0.15) is 0 Å². The van der Waals surface area contributed by atoms with Gasteiger partial charge in [-0.05, 0) is 13.3 Å². The Kier molecular flexibility index (Phi) is 5.17. The molecule has 1 fully saturated rings. The molecule has 1 rings (SSSR count). The average Bonchev–Trinajstić information content (AvgIpc) is 2.28. The van der Waals surface area contributed by atoms with Gasteiger partial charge < -0.3 is 5.11 Å². The molecule has 0 radical (unpaired) electrons. The van der Waals surface area contributed by atoms with E-state index < -0.39 is 10.0 Å². The van der Waals surface area contributed by atoms with Crippen LogP contribution in [0, 0.1) is 0 Å². The monoisotopic (exact) mass is 250 g/mol. The molecule has 96 valence electrons. The van der Waals surface area contributed by atoms with Gasteiger partial charge in [-0.3, -0.25) is 4.90 Å². The van der Waals surface area contributed by atoms with E-state index in [4.69, 9.17) is 5.11 Å². The van der Waals surface area contributed by atoms with Gasteiger partial charge >= 0.3 is 0 Å². The number of sulfonamides is 1. The molecule has 0 spiro atoms. The molecule has 0 saturated carbocycles. The van der Waals surface area contributed by atoms with Crippen LogP contribution in [0.5, 0.6) is 0 Å². The van der Waals surface area contributed by atoms with Gasteiger partial charge in [0.15, 0.2) is 0 Å². The summed E-state index contributed by atoms with van der Waals surface area (Å²) in [5, 5.41) is 9.02. The molecule has 1 N–H and O–H groups in total. The molecule has 1 heterocycles. The summed E-state index contributed by atoms with van der Waals surface area (Å²) in [6, 6.07) is 0.121. The second-order valence-electron chi connectivity index (χ2n) is 4.28. The third-order valence-corrected chi connectivity index (χ3v) is 5.09. The van der Waals surface area contributed by atoms with Crippen molar-refractivity contribution in [1.82, 2.24) is 9.21 Å². The van der Waals surface area contributed by atoms with E-state index in [-0.39, 0.29) is 18.4 Å². The average molecular weight is 250 g/mol. The van der Waals surface area contributed by atoms with Crippen molar-refractivity contribution in [2.45, 2.75) is 26.3 Å². The van der Waals surface area contributed by atoms with Gasteiger partial charge in [0, 0.05) is 32.2 Å². The molecule has 1 aliphatic rings. The van der Waals surface area contributed by atoms with Crippen molar-refractivity contribution >= 4 is 10.0 Å². The maximum Gasteiger partial charge on any atom is 0.214 e. The third kappa shape index (κ3) is 3.41. The van der Waals surface area contributed by atoms with Crippen molar-refractivity contribution < 1.29 is 13.5 Å². The predicted molar refractivity (Wildman–Crippen MR) is 63.8 cm³/mol. The lowest BCUT2D eigenvalue weighted by Gasteiger charge is -2.36. The maximum atomic E-state index is 11.8. The summed E-state index contributed by atoms with van der Waals surface area (Å²) in [5.41, 5.74) is 0. The molecular formula is C10H22N2O3S. The fourth-order valence-electron chi connectivity index (χ4n) is 1.93. The number of aliphatic hydroxyl groups is 1. The van der Waals surface area contributed by atoms with E-state index in [1.807, 2.05) is 13.8 Å². The Morgan fingerprint density at radius 1 is 1.25 bits per heavy atom. The quantitative estimate of drug-likeness (QED) is 0.729. The van der Waals surface area contributed by atoms with Crippen molar-refractivity contribution in [3.63, 3.8) is 0 Å². The first-order chi connectivity index (χ1) is 7.51. The van der Waals surface area contributed by atoms with E-state index in [9.17, 15) is 8.42 Å². The molecule has 0 amide bonds. The topological polar surface area (TPSA) is 60.9 Å². The molecule has 1 unspecified atom stereocenters. The Morgan fingerprint density at radius 2 is 1.81 bits per heavy atom. The SMILES string of the molecule is CCCS(=O)(=O)N1CCN(C(C)CO)CC1. The smallest absolute Gasteiger partial charge is 0.214 e. The summed E-state index contributed by atoms with van der Waals surface area (Å²) >= 11 is 0. The number of rotatable bonds is 5. The molecule has 5 nitrogen and oxygen atoms in total. The number of piperazine rings is 1. The van der Waals surface area contributed by atoms with E-state index in [2.05, 4.69) is 4.90 Å². The zero-order valence-corrected chi connectivity index (χ0v) is 10.9. The zero-order chi connectivity index (χ0) is 12.2. The summed E-state index contributed by atoms with van der Waals surface area (Å²) in [4.78, 5) is 2.12. The van der Waals surface area contributed by atoms with Crippen LogP contribution in [0.25, 0.3) is 0 Å². The second kappa shape index (κ2) is 5.95. The highest BCUT2D eigenvalue weighted by atomic mass is 32.2. The predicted octanol–water partition coefficient (Wildman–Crippen LogP) is -0.275. The first-order valence-electron chi connectivity index (χ1n) is 5.84. The summed E-state index contributed by atoms with van der Waals surface area (Å²) in [6.45, 7) is 6.48. The molecule has 1 saturated heterocycles. The Balaban J connectivity index is 2.49. The van der Waals surface area contributed by atoms with E-state index in [0.29, 0.717) is 32.6 Å². The Morgan fingerprint density at radius 3 is 2.25 bits per heavy atom. The van der Waals surface area contributed by atoms with Crippen molar-refractivity contribution in [2.75, 3.05) is 38.5 Å². The van der Waals surface area contributed by atoms with E-state index in [1.165, 1.54) is 0 Å². The number of aliphatic hydroxyl groups excluding tert-OH is 1. The molecule has 0 aromatic heterocycles. The fourth-order valence-corrected chi connectivity index (χ4v) is 3.42. The molecule has 0 aliphatic carbocycles. The summed E-state index contributed by atoms with van der Waals surface area (Å²) < 4.78 is 25.1. The lowest BCUT2D eigenvalue weighted by molar-refractivity contribution is 0.100. The normalized spacial score (nSPS) is 22.2. The first kappa shape index (κ1) is 13.9. The van der Waals surface area contributed by atoms with Gasteiger partial charge in [-0.15, -0.1) is 0 Å². The van der Waals surface area contributed by atoms with Gasteiger partial charge in [-0.25, -0.2) is 8.42 Å². The highest BCUT2D eigenvalue weighted by Crippen LogP contribution is 2.11. The molecule has 0 aromatic carbocycles. The minimum atomic E-state index is -3.05. The lowest BCUT2D eigenvalue weighted by Crippen LogP contribution is -2.52. The van der Waals surface area contributed by atoms with Gasteiger partial charge in [0.2, 0.25) is 10.0 Å². The minimum Gasteiger partial charge on any atom is -0.395 e. The first-order valence-corrected chi connectivity index (χ1v) is 7.45. The number of hydrogen-bond donors (Lipinski definition) is 1. The second-order valence-corrected chi connectivity index (χ2v) is 6.37. The number of hydrogen-bond acceptors (Lipinski definition) is 4. The maximum absolute atomic E-state index is 11.8. The highest BCUT2D eigenvalue weighted by Gasteiger charge is 2.27. The van der Waals surface area contributed by atoms with Crippen LogP contribution in [-0.2, 0) is 10.0 Å². The van der Waals surface area contributed by atoms with Crippen molar-refractivity contribution in [3.05, 3.63) is 0 Å². The Labute approximate surface area is 98.1 Å². The van der Waals surface area contributed by atoms with Gasteiger partial charge in [0.25, 0.3) is 0 Å². The van der Waals surface area contributed by atoms with Crippen LogP contribution < -0.4 is 0 Å². The molecule has 16 heavy (non-hydrogen) atoms. The Bertz CT molecular complexity index is 297. The van der Waals surface area contributed by atoms with Crippen LogP contribution in [-0.4, -0.2) is 67.3 Å². The highest BCUT2D eigenvalue weighted by molar-refractivity contribution is 7.89. The van der Waals surface area contributed by atoms with Crippen molar-refractivity contribution in [1.29, 1.82) is 0 Å². The standard InChI is InChI=1S/C10H22N2O3S/c1-3-8-16(14,15)12-6-4-11(5-7-12)10(2)9-13/h10,13H,3-9H2,1-2H3. The van der Waals surface area contributed by atoms with Crippen LogP contribution >= 0.6 is 0 Å². The van der Waals surface area contributed by atoms with E-state index >= 15 is 0 Å². The third-order valence-electron chi connectivity index (χ3n) is 3.02. The van der Waals surface area contributed by atoms with Crippen molar-refractivity contribution in [3.8, 4) is 0 Å². The van der Waals surface area contributed by atoms with Crippen LogP contribution in [0.15, 0.2) is 0 Å². The van der Waals surface area contributed by atoms with Crippen LogP contribution in [0.4, 0.5) is 0 Å². The molecule has 0 aromatic rings. The molecule has 1 atom stereocenters. The van der Waals surface area contributed by atoms with Gasteiger partial charge in [0.05, 0.1) is 12.4 Å². The Hall–Kier alpha value is -0.170. The fraction of sp³-hybridized carbons (Fsp3) is 1.00. The summed E-state index contributed by atoms with van der Waals surface area (Å²) in [7, 11) is -3.05. The summed E-state index contributed by atoms with van der Waals surface area (Å²) in [5.74, 6) is 0.239. The van der Waals surface area contributed by atoms with E-state index in [1.54, 1.807) is 4.31 Å². The molecular weight excluding hydrogens is 228 g/mol. The largest absolute Gasteiger partial charge is 0.395 e. The molecule has 1 aliphatic heterocycles.